The van der Waals surface area contributed by atoms with Crippen LogP contribution in [0.25, 0.3) is 0 Å². The molecule has 2 heteroatoms. The van der Waals surface area contributed by atoms with Crippen LogP contribution in [0.5, 0.6) is 5.75 Å². The van der Waals surface area contributed by atoms with Crippen LogP contribution >= 0.6 is 15.9 Å². The molecule has 1 nitrogen and oxygen atoms in total. The van der Waals surface area contributed by atoms with Crippen molar-refractivity contribution in [2.24, 2.45) is 0 Å². The summed E-state index contributed by atoms with van der Waals surface area (Å²) in [5.41, 5.74) is 2.33. The summed E-state index contributed by atoms with van der Waals surface area (Å²) in [7, 11) is 0. The van der Waals surface area contributed by atoms with E-state index in [-0.39, 0.29) is 5.60 Å². The molecule has 0 fully saturated rings. The van der Waals surface area contributed by atoms with E-state index in [0.29, 0.717) is 0 Å². The Bertz CT molecular complexity index is 565. The molecule has 0 amide bonds. The normalized spacial score (nSPS) is 22.1. The lowest BCUT2D eigenvalue weighted by Crippen LogP contribution is -2.33. The fourth-order valence-corrected chi connectivity index (χ4v) is 2.91. The largest absolute Gasteiger partial charge is 0.483 e. The predicted octanol–water partition coefficient (Wildman–Crippen LogP) is 4.69. The summed E-state index contributed by atoms with van der Waals surface area (Å²) >= 11 is 3.51. The first-order valence-corrected chi connectivity index (χ1v) is 7.00. The van der Waals surface area contributed by atoms with E-state index in [1.807, 2.05) is 12.1 Å². The fourth-order valence-electron chi connectivity index (χ4n) is 2.50. The minimum atomic E-state index is -0.206. The third-order valence-corrected chi connectivity index (χ3v) is 4.11. The molecule has 0 radical (unpaired) electrons. The monoisotopic (exact) mass is 302 g/mol. The second-order valence-electron chi connectivity index (χ2n) is 4.95. The number of ether oxygens (including phenoxy) is 1. The molecule has 0 aromatic heterocycles. The van der Waals surface area contributed by atoms with Crippen LogP contribution in [0.2, 0.25) is 0 Å². The molecule has 0 aliphatic carbocycles. The van der Waals surface area contributed by atoms with Gasteiger partial charge in [0.2, 0.25) is 0 Å². The molecule has 0 saturated carbocycles. The lowest BCUT2D eigenvalue weighted by atomic mass is 9.86. The number of hydrogen-bond acceptors (Lipinski definition) is 1. The zero-order valence-corrected chi connectivity index (χ0v) is 11.9. The molecule has 92 valence electrons. The van der Waals surface area contributed by atoms with Gasteiger partial charge < -0.3 is 4.74 Å². The Kier molecular flexibility index (Phi) is 2.90. The predicted molar refractivity (Wildman–Crippen MR) is 76.9 cm³/mol. The second kappa shape index (κ2) is 4.43. The summed E-state index contributed by atoms with van der Waals surface area (Å²) in [6.07, 6.45) is 2.07. The first-order chi connectivity index (χ1) is 8.67. The number of rotatable bonds is 1. The van der Waals surface area contributed by atoms with Crippen molar-refractivity contribution >= 4 is 15.9 Å². The Hall–Kier alpha value is -1.28. The third-order valence-electron chi connectivity index (χ3n) is 3.61. The van der Waals surface area contributed by atoms with Gasteiger partial charge in [-0.3, -0.25) is 0 Å². The van der Waals surface area contributed by atoms with E-state index < -0.39 is 0 Å². The maximum absolute atomic E-state index is 6.24. The van der Waals surface area contributed by atoms with Gasteiger partial charge in [0.25, 0.3) is 0 Å². The SMILES string of the molecule is CC1(c2ccccc2)CCc2cc(Br)ccc2O1. The summed E-state index contributed by atoms with van der Waals surface area (Å²) in [4.78, 5) is 0. The van der Waals surface area contributed by atoms with Crippen LogP contribution < -0.4 is 4.74 Å². The highest BCUT2D eigenvalue weighted by molar-refractivity contribution is 9.10. The van der Waals surface area contributed by atoms with Crippen LogP contribution in [0.15, 0.2) is 53.0 Å². The van der Waals surface area contributed by atoms with Crippen LogP contribution in [-0.4, -0.2) is 0 Å². The fraction of sp³-hybridized carbons (Fsp3) is 0.250. The average Bonchev–Trinajstić information content (AvgIpc) is 2.40. The van der Waals surface area contributed by atoms with Gasteiger partial charge in [-0.1, -0.05) is 46.3 Å². The van der Waals surface area contributed by atoms with Gasteiger partial charge in [0, 0.05) is 4.47 Å². The summed E-state index contributed by atoms with van der Waals surface area (Å²) in [5, 5.41) is 0. The van der Waals surface area contributed by atoms with Gasteiger partial charge in [-0.2, -0.15) is 0 Å². The van der Waals surface area contributed by atoms with E-state index >= 15 is 0 Å². The van der Waals surface area contributed by atoms with Crippen molar-refractivity contribution in [1.82, 2.24) is 0 Å². The van der Waals surface area contributed by atoms with Gasteiger partial charge in [0.1, 0.15) is 11.4 Å². The first kappa shape index (κ1) is 11.8. The molecule has 18 heavy (non-hydrogen) atoms. The van der Waals surface area contributed by atoms with Crippen molar-refractivity contribution < 1.29 is 4.74 Å². The van der Waals surface area contributed by atoms with Crippen LogP contribution in [0.4, 0.5) is 0 Å². The molecule has 1 heterocycles. The Morgan fingerprint density at radius 1 is 1.11 bits per heavy atom. The van der Waals surface area contributed by atoms with E-state index in [1.54, 1.807) is 0 Å². The van der Waals surface area contributed by atoms with Crippen molar-refractivity contribution in [3.63, 3.8) is 0 Å². The van der Waals surface area contributed by atoms with E-state index in [9.17, 15) is 0 Å². The van der Waals surface area contributed by atoms with Gasteiger partial charge in [-0.05, 0) is 49.1 Å². The highest BCUT2D eigenvalue weighted by atomic mass is 79.9. The molecule has 1 unspecified atom stereocenters. The molecule has 2 aromatic carbocycles. The summed E-state index contributed by atoms with van der Waals surface area (Å²) < 4.78 is 7.36. The van der Waals surface area contributed by atoms with Crippen molar-refractivity contribution in [2.45, 2.75) is 25.4 Å². The van der Waals surface area contributed by atoms with E-state index in [0.717, 1.165) is 23.1 Å². The zero-order chi connectivity index (χ0) is 12.6. The minimum Gasteiger partial charge on any atom is -0.483 e. The Morgan fingerprint density at radius 3 is 2.67 bits per heavy atom. The van der Waals surface area contributed by atoms with Crippen LogP contribution in [-0.2, 0) is 12.0 Å². The Morgan fingerprint density at radius 2 is 1.89 bits per heavy atom. The number of fused-ring (bicyclic) bond motifs is 1. The van der Waals surface area contributed by atoms with Crippen LogP contribution in [0, 0.1) is 0 Å². The maximum atomic E-state index is 6.24. The Labute approximate surface area is 116 Å². The van der Waals surface area contributed by atoms with Crippen molar-refractivity contribution in [3.05, 3.63) is 64.1 Å². The van der Waals surface area contributed by atoms with Gasteiger partial charge in [0.05, 0.1) is 0 Å². The summed E-state index contributed by atoms with van der Waals surface area (Å²) in [6, 6.07) is 16.7. The van der Waals surface area contributed by atoms with Crippen molar-refractivity contribution in [2.75, 3.05) is 0 Å². The third kappa shape index (κ3) is 2.05. The van der Waals surface area contributed by atoms with Crippen molar-refractivity contribution in [1.29, 1.82) is 0 Å². The molecule has 1 atom stereocenters. The minimum absolute atomic E-state index is 0.206. The molecular formula is C16H15BrO. The molecule has 0 bridgehead atoms. The molecule has 0 saturated heterocycles. The molecule has 1 aliphatic rings. The Balaban J connectivity index is 1.97. The number of hydrogen-bond donors (Lipinski definition) is 0. The van der Waals surface area contributed by atoms with Gasteiger partial charge in [-0.25, -0.2) is 0 Å². The lowest BCUT2D eigenvalue weighted by molar-refractivity contribution is 0.0625. The van der Waals surface area contributed by atoms with Crippen molar-refractivity contribution in [3.8, 4) is 5.75 Å². The number of halogens is 1. The van der Waals surface area contributed by atoms with E-state index in [2.05, 4.69) is 59.3 Å². The molecule has 2 aromatic rings. The van der Waals surface area contributed by atoms with Gasteiger partial charge >= 0.3 is 0 Å². The molecule has 0 spiro atoms. The topological polar surface area (TPSA) is 9.23 Å². The smallest absolute Gasteiger partial charge is 0.132 e. The van der Waals surface area contributed by atoms with Crippen LogP contribution in [0.3, 0.4) is 0 Å². The second-order valence-corrected chi connectivity index (χ2v) is 5.87. The van der Waals surface area contributed by atoms with Crippen LogP contribution in [0.1, 0.15) is 24.5 Å². The number of aryl methyl sites for hydroxylation is 1. The molecule has 0 N–H and O–H groups in total. The summed E-state index contributed by atoms with van der Waals surface area (Å²) in [5.74, 6) is 1.01. The standard InChI is InChI=1S/C16H15BrO/c1-16(13-5-3-2-4-6-13)10-9-12-11-14(17)7-8-15(12)18-16/h2-8,11H,9-10H2,1H3. The molecule has 1 aliphatic heterocycles. The highest BCUT2D eigenvalue weighted by Crippen LogP contribution is 2.40. The average molecular weight is 303 g/mol. The number of benzene rings is 2. The molecular weight excluding hydrogens is 288 g/mol. The lowest BCUT2D eigenvalue weighted by Gasteiger charge is -2.36. The summed E-state index contributed by atoms with van der Waals surface area (Å²) in [6.45, 7) is 2.17. The quantitative estimate of drug-likeness (QED) is 0.742. The van der Waals surface area contributed by atoms with E-state index in [4.69, 9.17) is 4.74 Å². The van der Waals surface area contributed by atoms with Gasteiger partial charge in [-0.15, -0.1) is 0 Å². The zero-order valence-electron chi connectivity index (χ0n) is 10.3. The molecule has 3 rings (SSSR count). The maximum Gasteiger partial charge on any atom is 0.132 e. The van der Waals surface area contributed by atoms with E-state index in [1.165, 1.54) is 11.1 Å². The highest BCUT2D eigenvalue weighted by Gasteiger charge is 2.33. The first-order valence-electron chi connectivity index (χ1n) is 6.20. The van der Waals surface area contributed by atoms with Gasteiger partial charge in [0.15, 0.2) is 0 Å².